The Hall–Kier alpha value is -5.80. The maximum atomic E-state index is 2.76. The van der Waals surface area contributed by atoms with E-state index in [0.717, 1.165) is 19.3 Å². The molecule has 3 heteroatoms. The first-order valence-corrected chi connectivity index (χ1v) is 30.5. The summed E-state index contributed by atoms with van der Waals surface area (Å²) in [5.74, 6) is 0.522. The van der Waals surface area contributed by atoms with Gasteiger partial charge in [0, 0.05) is 34.0 Å². The summed E-state index contributed by atoms with van der Waals surface area (Å²) >= 11 is 0. The van der Waals surface area contributed by atoms with Crippen LogP contribution in [0.4, 0.5) is 34.1 Å². The van der Waals surface area contributed by atoms with E-state index in [4.69, 9.17) is 0 Å². The molecule has 14 rings (SSSR count). The average molecular weight is 1030 g/mol. The van der Waals surface area contributed by atoms with Gasteiger partial charge in [-0.15, -0.1) is 0 Å². The third-order valence-corrected chi connectivity index (χ3v) is 22.6. The Morgan fingerprint density at radius 1 is 0.513 bits per heavy atom. The van der Waals surface area contributed by atoms with Crippen LogP contribution in [0.1, 0.15) is 215 Å². The molecule has 0 bridgehead atoms. The Morgan fingerprint density at radius 3 is 1.88 bits per heavy atom. The van der Waals surface area contributed by atoms with Crippen molar-refractivity contribution in [3.8, 4) is 11.1 Å². The molecule has 0 amide bonds. The number of fused-ring (bicyclic) bond motifs is 12. The predicted molar refractivity (Wildman–Crippen MR) is 334 cm³/mol. The molecule has 2 heterocycles. The summed E-state index contributed by atoms with van der Waals surface area (Å²) in [4.78, 5) is 5.49. The van der Waals surface area contributed by atoms with Crippen LogP contribution in [0.2, 0.25) is 0 Å². The zero-order valence-corrected chi connectivity index (χ0v) is 49.9. The van der Waals surface area contributed by atoms with Crippen LogP contribution in [-0.4, -0.2) is 6.71 Å². The molecule has 3 unspecified atom stereocenters. The second-order valence-corrected chi connectivity index (χ2v) is 30.2. The minimum Gasteiger partial charge on any atom is -0.311 e. The van der Waals surface area contributed by atoms with Gasteiger partial charge in [-0.25, -0.2) is 0 Å². The molecule has 0 radical (unpaired) electrons. The van der Waals surface area contributed by atoms with Crippen LogP contribution in [0, 0.1) is 12.3 Å². The van der Waals surface area contributed by atoms with Crippen LogP contribution in [0.25, 0.3) is 11.1 Å². The molecule has 3 atom stereocenters. The van der Waals surface area contributed by atoms with Crippen molar-refractivity contribution in [1.82, 2.24) is 0 Å². The van der Waals surface area contributed by atoms with Crippen LogP contribution in [-0.2, 0) is 45.3 Å². The van der Waals surface area contributed by atoms with Gasteiger partial charge in [-0.05, 0) is 234 Å². The fraction of sp³-hybridized carbons (Fsp3) is 0.440. The minimum absolute atomic E-state index is 0.0610. The van der Waals surface area contributed by atoms with Crippen LogP contribution in [0.5, 0.6) is 0 Å². The van der Waals surface area contributed by atoms with Gasteiger partial charge in [-0.2, -0.15) is 0 Å². The van der Waals surface area contributed by atoms with Crippen molar-refractivity contribution in [2.24, 2.45) is 5.41 Å². The van der Waals surface area contributed by atoms with Crippen molar-refractivity contribution in [2.75, 3.05) is 9.80 Å². The van der Waals surface area contributed by atoms with E-state index in [1.165, 1.54) is 163 Å². The molecule has 78 heavy (non-hydrogen) atoms. The van der Waals surface area contributed by atoms with E-state index in [2.05, 4.69) is 228 Å². The van der Waals surface area contributed by atoms with Gasteiger partial charge in [0.1, 0.15) is 0 Å². The first kappa shape index (κ1) is 50.4. The van der Waals surface area contributed by atoms with E-state index < -0.39 is 0 Å². The molecule has 5 aliphatic carbocycles. The lowest BCUT2D eigenvalue weighted by Gasteiger charge is -2.49. The number of benzene rings is 7. The number of anilines is 6. The lowest BCUT2D eigenvalue weighted by molar-refractivity contribution is 0.0763. The molecular weight excluding hydrogens is 940 g/mol. The van der Waals surface area contributed by atoms with E-state index in [0.29, 0.717) is 5.92 Å². The minimum atomic E-state index is 0.0610. The van der Waals surface area contributed by atoms with Crippen molar-refractivity contribution in [3.63, 3.8) is 0 Å². The molecule has 2 aliphatic heterocycles. The lowest BCUT2D eigenvalue weighted by Crippen LogP contribution is -2.62. The number of aryl methyl sites for hydroxylation is 2. The predicted octanol–water partition coefficient (Wildman–Crippen LogP) is 18.2. The molecule has 0 aromatic heterocycles. The van der Waals surface area contributed by atoms with Crippen molar-refractivity contribution < 1.29 is 0 Å². The Labute approximate surface area is 469 Å². The molecule has 398 valence electrons. The van der Waals surface area contributed by atoms with Gasteiger partial charge in [0.25, 0.3) is 6.71 Å². The molecular formula is C75H85BN2. The van der Waals surface area contributed by atoms with Crippen LogP contribution >= 0.6 is 0 Å². The normalized spacial score (nSPS) is 24.0. The monoisotopic (exact) mass is 1020 g/mol. The highest BCUT2D eigenvalue weighted by atomic mass is 15.2. The topological polar surface area (TPSA) is 6.48 Å². The first-order valence-electron chi connectivity index (χ1n) is 30.5. The Kier molecular flexibility index (Phi) is 10.8. The standard InChI is InChI=1S/C75H85BN2/c1-46-38-65-68-66(39-46)78(62-23-19-21-49-41-48-20-15-16-22-52(48)67(49)62)63-40-47(24-29-54-53-28-26-50(69(2,3)4)42-56(53)75(14)33-18-17-32-74(54,75)13)25-31-60(63)76(68)61-44-58-59(73(11,12)37-36-72(58,9)10)45-64(61)77(65)51-27-30-55-57(43-51)71(7,8)35-34-70(55,5)6/h15-16,19-23,25-28,30-31,38-40,42-45,54H,17-18,24,29,32-37,41H2,1-14H3. The van der Waals surface area contributed by atoms with Gasteiger partial charge in [-0.3, -0.25) is 0 Å². The largest absolute Gasteiger partial charge is 0.311 e. The number of rotatable bonds is 5. The van der Waals surface area contributed by atoms with Gasteiger partial charge in [0.2, 0.25) is 0 Å². The van der Waals surface area contributed by atoms with Gasteiger partial charge in [-0.1, -0.05) is 182 Å². The summed E-state index contributed by atoms with van der Waals surface area (Å²) < 4.78 is 0. The molecule has 0 spiro atoms. The molecule has 7 aromatic rings. The van der Waals surface area contributed by atoms with E-state index >= 15 is 0 Å². The maximum absolute atomic E-state index is 2.76. The summed E-state index contributed by atoms with van der Waals surface area (Å²) in [6.45, 7) is 34.9. The molecule has 1 saturated carbocycles. The summed E-state index contributed by atoms with van der Waals surface area (Å²) in [6, 6.07) is 50.1. The van der Waals surface area contributed by atoms with Crippen LogP contribution < -0.4 is 26.2 Å². The van der Waals surface area contributed by atoms with Crippen LogP contribution in [0.15, 0.2) is 121 Å². The van der Waals surface area contributed by atoms with Crippen molar-refractivity contribution in [1.29, 1.82) is 0 Å². The third kappa shape index (κ3) is 7.13. The smallest absolute Gasteiger partial charge is 0.252 e. The van der Waals surface area contributed by atoms with Gasteiger partial charge in [0.15, 0.2) is 0 Å². The first-order chi connectivity index (χ1) is 36.9. The highest BCUT2D eigenvalue weighted by Gasteiger charge is 2.58. The lowest BCUT2D eigenvalue weighted by atomic mass is 9.33. The number of hydrogen-bond donors (Lipinski definition) is 0. The van der Waals surface area contributed by atoms with Crippen molar-refractivity contribution in [2.45, 2.75) is 206 Å². The van der Waals surface area contributed by atoms with E-state index in [1.807, 2.05) is 0 Å². The highest BCUT2D eigenvalue weighted by molar-refractivity contribution is 7.00. The quantitative estimate of drug-likeness (QED) is 0.159. The maximum Gasteiger partial charge on any atom is 0.252 e. The number of hydrogen-bond acceptors (Lipinski definition) is 2. The van der Waals surface area contributed by atoms with Gasteiger partial charge in [0.05, 0.1) is 5.69 Å². The summed E-state index contributed by atoms with van der Waals surface area (Å²) in [5, 5.41) is 0. The molecule has 2 nitrogen and oxygen atoms in total. The molecule has 1 fully saturated rings. The van der Waals surface area contributed by atoms with Gasteiger partial charge >= 0.3 is 0 Å². The SMILES string of the molecule is Cc1cc2c3c(c1)N(c1cccc4c1-c1ccccc1C4)c1cc(CCC4c5ccc(C(C)(C)C)cc5C5(C)CCCCC45C)ccc1B3c1cc3c(cc1N2c1ccc2c(c1)C(C)(C)CCC2(C)C)C(C)(C)CCC3(C)C. The van der Waals surface area contributed by atoms with E-state index in [-0.39, 0.29) is 44.6 Å². The Morgan fingerprint density at radius 2 is 1.15 bits per heavy atom. The summed E-state index contributed by atoms with van der Waals surface area (Å²) in [7, 11) is 0. The third-order valence-electron chi connectivity index (χ3n) is 22.6. The highest BCUT2D eigenvalue weighted by Crippen LogP contribution is 2.66. The van der Waals surface area contributed by atoms with Crippen molar-refractivity contribution >= 4 is 57.2 Å². The van der Waals surface area contributed by atoms with Crippen LogP contribution in [0.3, 0.4) is 0 Å². The molecule has 7 aromatic carbocycles. The Bertz CT molecular complexity index is 3690. The van der Waals surface area contributed by atoms with E-state index in [9.17, 15) is 0 Å². The fourth-order valence-corrected chi connectivity index (χ4v) is 17.5. The molecule has 0 saturated heterocycles. The Balaban J connectivity index is 0.996. The summed E-state index contributed by atoms with van der Waals surface area (Å²) in [5.41, 5.74) is 32.4. The summed E-state index contributed by atoms with van der Waals surface area (Å²) in [6.07, 6.45) is 13.2. The van der Waals surface area contributed by atoms with Crippen molar-refractivity contribution in [3.05, 3.63) is 183 Å². The second-order valence-electron chi connectivity index (χ2n) is 30.2. The molecule has 7 aliphatic rings. The van der Waals surface area contributed by atoms with E-state index in [1.54, 1.807) is 11.1 Å². The fourth-order valence-electron chi connectivity index (χ4n) is 17.5. The zero-order chi connectivity index (χ0) is 54.4. The second kappa shape index (κ2) is 16.6. The average Bonchev–Trinajstić information content (AvgIpc) is 3.04. The van der Waals surface area contributed by atoms with Gasteiger partial charge < -0.3 is 9.80 Å². The zero-order valence-electron chi connectivity index (χ0n) is 49.9. The number of nitrogens with zero attached hydrogens (tertiary/aromatic N) is 2. The molecule has 0 N–H and O–H groups in total.